The third-order valence-electron chi connectivity index (χ3n) is 2.83. The Kier molecular flexibility index (Phi) is 5.19. The Bertz CT molecular complexity index is 677. The summed E-state index contributed by atoms with van der Waals surface area (Å²) in [4.78, 5) is 11.8. The second kappa shape index (κ2) is 7.31. The molecule has 0 saturated heterocycles. The molecule has 1 N–H and O–H groups in total. The summed E-state index contributed by atoms with van der Waals surface area (Å²) in [7, 11) is 1.58. The highest BCUT2D eigenvalue weighted by Gasteiger charge is 2.08. The molecule has 6 nitrogen and oxygen atoms in total. The molecule has 0 radical (unpaired) electrons. The largest absolute Gasteiger partial charge is 0.493 e. The minimum absolute atomic E-state index is 0.222. The van der Waals surface area contributed by atoms with Crippen molar-refractivity contribution in [1.29, 1.82) is 0 Å². The van der Waals surface area contributed by atoms with Gasteiger partial charge in [-0.1, -0.05) is 0 Å². The van der Waals surface area contributed by atoms with E-state index in [1.807, 2.05) is 13.0 Å². The number of carbonyl (C=O) groups excluding carboxylic acids is 1. The van der Waals surface area contributed by atoms with Gasteiger partial charge in [-0.3, -0.25) is 4.79 Å². The molecule has 22 heavy (non-hydrogen) atoms. The molecule has 6 heteroatoms. The van der Waals surface area contributed by atoms with Crippen LogP contribution in [0.4, 0.5) is 0 Å². The lowest BCUT2D eigenvalue weighted by atomic mass is 10.2. The SMILES string of the molecule is CCOc1cc(/C=N/NC(=O)c2ccc(C)o2)ccc1OC. The minimum Gasteiger partial charge on any atom is -0.493 e. The Labute approximate surface area is 128 Å². The van der Waals surface area contributed by atoms with Gasteiger partial charge in [-0.25, -0.2) is 5.43 Å². The van der Waals surface area contributed by atoms with Crippen LogP contribution in [0.15, 0.2) is 39.9 Å². The molecule has 116 valence electrons. The Morgan fingerprint density at radius 1 is 1.32 bits per heavy atom. The van der Waals surface area contributed by atoms with Crippen molar-refractivity contribution in [2.24, 2.45) is 5.10 Å². The zero-order chi connectivity index (χ0) is 15.9. The van der Waals surface area contributed by atoms with Crippen LogP contribution in [0.5, 0.6) is 11.5 Å². The molecule has 0 spiro atoms. The number of methoxy groups -OCH3 is 1. The molecule has 1 amide bonds. The van der Waals surface area contributed by atoms with Crippen LogP contribution in [0.2, 0.25) is 0 Å². The first-order valence-electron chi connectivity index (χ1n) is 6.84. The number of hydrogen-bond acceptors (Lipinski definition) is 5. The number of hydrazone groups is 1. The maximum atomic E-state index is 11.8. The summed E-state index contributed by atoms with van der Waals surface area (Å²) in [6.07, 6.45) is 1.52. The normalized spacial score (nSPS) is 10.7. The van der Waals surface area contributed by atoms with Crippen molar-refractivity contribution in [3.63, 3.8) is 0 Å². The van der Waals surface area contributed by atoms with Gasteiger partial charge in [-0.2, -0.15) is 5.10 Å². The van der Waals surface area contributed by atoms with Crippen LogP contribution < -0.4 is 14.9 Å². The molecule has 0 unspecified atom stereocenters. The van der Waals surface area contributed by atoms with Crippen LogP contribution in [0.3, 0.4) is 0 Å². The van der Waals surface area contributed by atoms with E-state index in [0.717, 1.165) is 5.56 Å². The Hall–Kier alpha value is -2.76. The van der Waals surface area contributed by atoms with Crippen LogP contribution in [0.25, 0.3) is 0 Å². The van der Waals surface area contributed by atoms with Crippen molar-refractivity contribution in [3.05, 3.63) is 47.4 Å². The lowest BCUT2D eigenvalue weighted by Crippen LogP contribution is -2.16. The molecule has 1 aromatic heterocycles. The van der Waals surface area contributed by atoms with Gasteiger partial charge >= 0.3 is 5.91 Å². The number of furan rings is 1. The van der Waals surface area contributed by atoms with Crippen molar-refractivity contribution in [3.8, 4) is 11.5 Å². The summed E-state index contributed by atoms with van der Waals surface area (Å²) in [5.74, 6) is 1.77. The Morgan fingerprint density at radius 3 is 2.77 bits per heavy atom. The summed E-state index contributed by atoms with van der Waals surface area (Å²) in [6, 6.07) is 8.70. The molecule has 0 aliphatic heterocycles. The van der Waals surface area contributed by atoms with E-state index in [1.165, 1.54) is 6.21 Å². The monoisotopic (exact) mass is 302 g/mol. The van der Waals surface area contributed by atoms with Crippen LogP contribution in [-0.2, 0) is 0 Å². The lowest BCUT2D eigenvalue weighted by Gasteiger charge is -2.09. The van der Waals surface area contributed by atoms with Crippen molar-refractivity contribution < 1.29 is 18.7 Å². The number of benzene rings is 1. The summed E-state index contributed by atoms with van der Waals surface area (Å²) >= 11 is 0. The van der Waals surface area contributed by atoms with E-state index in [-0.39, 0.29) is 5.76 Å². The molecule has 2 aromatic rings. The van der Waals surface area contributed by atoms with E-state index in [9.17, 15) is 4.79 Å². The fourth-order valence-electron chi connectivity index (χ4n) is 1.82. The zero-order valence-electron chi connectivity index (χ0n) is 12.8. The predicted molar refractivity (Wildman–Crippen MR) is 82.7 cm³/mol. The van der Waals surface area contributed by atoms with E-state index in [0.29, 0.717) is 23.9 Å². The summed E-state index contributed by atoms with van der Waals surface area (Å²) in [5.41, 5.74) is 3.18. The highest BCUT2D eigenvalue weighted by atomic mass is 16.5. The highest BCUT2D eigenvalue weighted by molar-refractivity contribution is 5.92. The van der Waals surface area contributed by atoms with Gasteiger partial charge in [0.2, 0.25) is 0 Å². The maximum absolute atomic E-state index is 11.8. The molecule has 0 atom stereocenters. The van der Waals surface area contributed by atoms with Gasteiger partial charge in [0, 0.05) is 0 Å². The number of ether oxygens (including phenoxy) is 2. The van der Waals surface area contributed by atoms with Gasteiger partial charge in [0.25, 0.3) is 0 Å². The van der Waals surface area contributed by atoms with Crippen LogP contribution in [-0.4, -0.2) is 25.8 Å². The van der Waals surface area contributed by atoms with Crippen LogP contribution in [0.1, 0.15) is 28.8 Å². The molecular weight excluding hydrogens is 284 g/mol. The van der Waals surface area contributed by atoms with Crippen molar-refractivity contribution in [2.75, 3.05) is 13.7 Å². The average molecular weight is 302 g/mol. The van der Waals surface area contributed by atoms with E-state index in [2.05, 4.69) is 10.5 Å². The number of nitrogens with one attached hydrogen (secondary N) is 1. The molecule has 0 bridgehead atoms. The minimum atomic E-state index is -0.400. The number of carbonyl (C=O) groups is 1. The van der Waals surface area contributed by atoms with Gasteiger partial charge in [0.05, 0.1) is 19.9 Å². The quantitative estimate of drug-likeness (QED) is 0.658. The first-order chi connectivity index (χ1) is 10.6. The van der Waals surface area contributed by atoms with E-state index in [4.69, 9.17) is 13.9 Å². The van der Waals surface area contributed by atoms with Gasteiger partial charge in [-0.05, 0) is 49.7 Å². The standard InChI is InChI=1S/C16H18N2O4/c1-4-21-15-9-12(6-8-13(15)20-3)10-17-18-16(19)14-7-5-11(2)22-14/h5-10H,4H2,1-3H3,(H,18,19)/b17-10+. The molecule has 2 rings (SSSR count). The Balaban J connectivity index is 2.03. The van der Waals surface area contributed by atoms with Crippen molar-refractivity contribution >= 4 is 12.1 Å². The fraction of sp³-hybridized carbons (Fsp3) is 0.250. The third kappa shape index (κ3) is 3.88. The first-order valence-corrected chi connectivity index (χ1v) is 6.84. The molecule has 0 fully saturated rings. The molecule has 0 aliphatic carbocycles. The number of amides is 1. The summed E-state index contributed by atoms with van der Waals surface area (Å²) in [5, 5.41) is 3.90. The number of aryl methyl sites for hydroxylation is 1. The van der Waals surface area contributed by atoms with E-state index < -0.39 is 5.91 Å². The Morgan fingerprint density at radius 2 is 2.14 bits per heavy atom. The lowest BCUT2D eigenvalue weighted by molar-refractivity contribution is 0.0926. The second-order valence-electron chi connectivity index (χ2n) is 4.45. The van der Waals surface area contributed by atoms with Gasteiger partial charge in [0.1, 0.15) is 5.76 Å². The second-order valence-corrected chi connectivity index (χ2v) is 4.45. The third-order valence-corrected chi connectivity index (χ3v) is 2.83. The number of hydrogen-bond donors (Lipinski definition) is 1. The van der Waals surface area contributed by atoms with E-state index in [1.54, 1.807) is 38.3 Å². The predicted octanol–water partition coefficient (Wildman–Crippen LogP) is 2.76. The number of nitrogens with zero attached hydrogens (tertiary/aromatic N) is 1. The molecule has 0 aliphatic rings. The molecular formula is C16H18N2O4. The van der Waals surface area contributed by atoms with Crippen molar-refractivity contribution in [1.82, 2.24) is 5.43 Å². The summed E-state index contributed by atoms with van der Waals surface area (Å²) < 4.78 is 15.9. The van der Waals surface area contributed by atoms with Crippen LogP contribution in [0, 0.1) is 6.92 Å². The van der Waals surface area contributed by atoms with Gasteiger partial charge in [0.15, 0.2) is 17.3 Å². The average Bonchev–Trinajstić information content (AvgIpc) is 2.94. The van der Waals surface area contributed by atoms with Crippen LogP contribution >= 0.6 is 0 Å². The molecule has 1 heterocycles. The number of rotatable bonds is 6. The highest BCUT2D eigenvalue weighted by Crippen LogP contribution is 2.27. The smallest absolute Gasteiger partial charge is 0.307 e. The van der Waals surface area contributed by atoms with Crippen molar-refractivity contribution in [2.45, 2.75) is 13.8 Å². The van der Waals surface area contributed by atoms with Gasteiger partial charge < -0.3 is 13.9 Å². The fourth-order valence-corrected chi connectivity index (χ4v) is 1.82. The first kappa shape index (κ1) is 15.6. The summed E-state index contributed by atoms with van der Waals surface area (Å²) in [6.45, 7) is 4.20. The maximum Gasteiger partial charge on any atom is 0.307 e. The zero-order valence-corrected chi connectivity index (χ0v) is 12.8. The molecule has 0 saturated carbocycles. The molecule has 1 aromatic carbocycles. The van der Waals surface area contributed by atoms with Gasteiger partial charge in [-0.15, -0.1) is 0 Å². The van der Waals surface area contributed by atoms with E-state index >= 15 is 0 Å². The topological polar surface area (TPSA) is 73.1 Å².